The van der Waals surface area contributed by atoms with Gasteiger partial charge in [-0.05, 0) is 43.0 Å². The molecule has 0 aromatic heterocycles. The lowest BCUT2D eigenvalue weighted by atomic mass is 9.93. The van der Waals surface area contributed by atoms with E-state index >= 15 is 0 Å². The van der Waals surface area contributed by atoms with Crippen LogP contribution in [0.25, 0.3) is 0 Å². The zero-order valence-electron chi connectivity index (χ0n) is 34.1. The van der Waals surface area contributed by atoms with Gasteiger partial charge in [0, 0.05) is 24.3 Å². The van der Waals surface area contributed by atoms with Crippen LogP contribution >= 0.6 is 23.5 Å². The Bertz CT molecular complexity index is 1840. The van der Waals surface area contributed by atoms with E-state index in [0.29, 0.717) is 22.6 Å². The summed E-state index contributed by atoms with van der Waals surface area (Å²) >= 11 is 2.28. The molecule has 1 aliphatic heterocycles. The van der Waals surface area contributed by atoms with Crippen molar-refractivity contribution >= 4 is 75.9 Å². The van der Waals surface area contributed by atoms with Crippen molar-refractivity contribution in [3.63, 3.8) is 0 Å². The van der Waals surface area contributed by atoms with Gasteiger partial charge in [0.1, 0.15) is 55.9 Å². The first-order valence-corrected chi connectivity index (χ1v) is 20.5. The van der Waals surface area contributed by atoms with E-state index in [0.717, 1.165) is 41.6 Å². The van der Waals surface area contributed by atoms with Gasteiger partial charge in [0.05, 0.1) is 13.2 Å². The second kappa shape index (κ2) is 23.3. The van der Waals surface area contributed by atoms with Crippen LogP contribution < -0.4 is 11.5 Å². The quantitative estimate of drug-likeness (QED) is 0.0325. The Balaban J connectivity index is 1.58. The Morgan fingerprint density at radius 1 is 0.581 bits per heavy atom. The van der Waals surface area contributed by atoms with E-state index in [1.807, 2.05) is 0 Å². The number of aliphatic hydroxyl groups excluding tert-OH is 2. The predicted octanol–water partition coefficient (Wildman–Crippen LogP) is 2.64. The second-order valence-corrected chi connectivity index (χ2v) is 16.7. The molecule has 0 radical (unpaired) electrons. The third-order valence-electron chi connectivity index (χ3n) is 8.97. The molecule has 2 aromatic carbocycles. The van der Waals surface area contributed by atoms with Crippen LogP contribution in [0.15, 0.2) is 48.5 Å². The van der Waals surface area contributed by atoms with Crippen molar-refractivity contribution in [3.8, 4) is 0 Å². The number of nitrogens with zero attached hydrogens (tertiary/aromatic N) is 1. The van der Waals surface area contributed by atoms with Crippen LogP contribution in [0.5, 0.6) is 0 Å². The molecule has 1 fully saturated rings. The number of rotatable bonds is 22. The first-order chi connectivity index (χ1) is 29.2. The number of imide groups is 1. The van der Waals surface area contributed by atoms with Crippen LogP contribution in [0.3, 0.4) is 0 Å². The van der Waals surface area contributed by atoms with E-state index in [-0.39, 0.29) is 41.5 Å². The van der Waals surface area contributed by atoms with Crippen LogP contribution in [0.4, 0.5) is 9.59 Å². The number of benzene rings is 2. The number of thioether (sulfide) groups is 2. The van der Waals surface area contributed by atoms with Gasteiger partial charge in [-0.2, -0.15) is 0 Å². The molecule has 1 heterocycles. The SMILES string of the molecule is CC(CO)(COC(=O)OCC(C)(COC(=O)OCC(C)(CO)C(=O)OCc1ccc(CSC(=N)N)cc1)C(=O)ON1C(=O)CCC1=O)C(=O)OCc1ccc(CSC(=N)N)cc1. The summed E-state index contributed by atoms with van der Waals surface area (Å²) in [4.78, 5) is 93.9. The summed E-state index contributed by atoms with van der Waals surface area (Å²) in [5.41, 5.74) is 8.01. The van der Waals surface area contributed by atoms with E-state index in [9.17, 15) is 43.8 Å². The maximum absolute atomic E-state index is 13.3. The molecule has 2 atom stereocenters. The molecule has 2 unspecified atom stereocenters. The highest BCUT2D eigenvalue weighted by molar-refractivity contribution is 8.13. The number of hydrogen-bond donors (Lipinski definition) is 6. The molecule has 1 saturated heterocycles. The number of amides is 2. The normalized spacial score (nSPS) is 15.2. The molecule has 23 heteroatoms. The highest BCUT2D eigenvalue weighted by Gasteiger charge is 2.44. The van der Waals surface area contributed by atoms with Gasteiger partial charge in [0.15, 0.2) is 10.3 Å². The number of carbonyl (C=O) groups is 7. The Kier molecular flexibility index (Phi) is 19.0. The maximum Gasteiger partial charge on any atom is 0.508 e. The average Bonchev–Trinajstić information content (AvgIpc) is 3.58. The number of hydroxylamine groups is 2. The maximum atomic E-state index is 13.3. The minimum Gasteiger partial charge on any atom is -0.460 e. The number of ether oxygens (including phenoxy) is 6. The van der Waals surface area contributed by atoms with Crippen LogP contribution in [0.2, 0.25) is 0 Å². The van der Waals surface area contributed by atoms with Crippen molar-refractivity contribution in [3.05, 3.63) is 70.8 Å². The molecule has 21 nitrogen and oxygen atoms in total. The van der Waals surface area contributed by atoms with Gasteiger partial charge >= 0.3 is 30.2 Å². The zero-order valence-corrected chi connectivity index (χ0v) is 35.8. The Morgan fingerprint density at radius 3 is 1.23 bits per heavy atom. The van der Waals surface area contributed by atoms with E-state index in [1.54, 1.807) is 48.5 Å². The topological polar surface area (TPSA) is 328 Å². The molecule has 62 heavy (non-hydrogen) atoms. The fraction of sp³-hybridized carbons (Fsp3) is 0.462. The summed E-state index contributed by atoms with van der Waals surface area (Å²) in [7, 11) is 0. The molecule has 2 amide bonds. The monoisotopic (exact) mass is 907 g/mol. The van der Waals surface area contributed by atoms with Gasteiger partial charge in [-0.15, -0.1) is 5.06 Å². The number of nitrogens with two attached hydrogens (primary N) is 2. The number of nitrogens with one attached hydrogen (secondary N) is 2. The number of esters is 2. The third kappa shape index (κ3) is 15.5. The van der Waals surface area contributed by atoms with Gasteiger partial charge in [0.2, 0.25) is 0 Å². The Morgan fingerprint density at radius 2 is 0.903 bits per heavy atom. The first kappa shape index (κ1) is 50.4. The van der Waals surface area contributed by atoms with Crippen molar-refractivity contribution < 1.29 is 77.0 Å². The molecule has 0 spiro atoms. The fourth-order valence-corrected chi connectivity index (χ4v) is 5.77. The van der Waals surface area contributed by atoms with Crippen LogP contribution in [-0.4, -0.2) is 107 Å². The number of carbonyl (C=O) groups excluding carboxylic acids is 7. The van der Waals surface area contributed by atoms with E-state index in [1.165, 1.54) is 13.8 Å². The molecular formula is C39H49N5O16S2. The minimum atomic E-state index is -2.14. The lowest BCUT2D eigenvalue weighted by Gasteiger charge is -2.28. The summed E-state index contributed by atoms with van der Waals surface area (Å²) in [6.45, 7) is -1.80. The van der Waals surface area contributed by atoms with Crippen LogP contribution in [0.1, 0.15) is 55.9 Å². The average molecular weight is 908 g/mol. The number of aliphatic hydroxyl groups is 2. The van der Waals surface area contributed by atoms with Gasteiger partial charge in [0.25, 0.3) is 11.8 Å². The standard InChI is InChI=1S/C39H49N5O16S2/c1-37(18-45,30(49)54-14-24-4-8-26(9-5-24)16-61-33(40)41)20-56-35(52)58-22-39(3,32(51)60-44-28(47)12-13-29(44)48)23-59-36(53)57-21-38(2,19-46)31(50)55-15-25-6-10-27(11-7-25)17-62-34(42)43/h4-11,45-46H,12-23H2,1-3H3,(H3,40,41)(H3,42,43). The molecule has 0 bridgehead atoms. The van der Waals surface area contributed by atoms with Crippen LogP contribution in [-0.2, 0) is 82.0 Å². The lowest BCUT2D eigenvalue weighted by Crippen LogP contribution is -2.45. The summed E-state index contributed by atoms with van der Waals surface area (Å²) in [6.07, 6.45) is -3.39. The van der Waals surface area contributed by atoms with Crippen molar-refractivity contribution in [1.82, 2.24) is 5.06 Å². The molecule has 0 aliphatic carbocycles. The minimum absolute atomic E-state index is 0.0330. The number of hydrogen-bond acceptors (Lipinski definition) is 20. The summed E-state index contributed by atoms with van der Waals surface area (Å²) < 4.78 is 30.9. The number of amidine groups is 2. The molecule has 338 valence electrons. The van der Waals surface area contributed by atoms with E-state index < -0.39 is 97.9 Å². The fourth-order valence-electron chi connectivity index (χ4n) is 4.74. The zero-order chi connectivity index (χ0) is 46.1. The van der Waals surface area contributed by atoms with Crippen molar-refractivity contribution in [2.24, 2.45) is 27.7 Å². The molecule has 0 saturated carbocycles. The predicted molar refractivity (Wildman–Crippen MR) is 219 cm³/mol. The van der Waals surface area contributed by atoms with Crippen molar-refractivity contribution in [2.75, 3.05) is 39.6 Å². The third-order valence-corrected chi connectivity index (χ3v) is 10.5. The van der Waals surface area contributed by atoms with E-state index in [4.69, 9.17) is 55.5 Å². The van der Waals surface area contributed by atoms with Gasteiger partial charge < -0.3 is 54.9 Å². The molecule has 2 aromatic rings. The van der Waals surface area contributed by atoms with Gasteiger partial charge in [-0.1, -0.05) is 72.1 Å². The van der Waals surface area contributed by atoms with E-state index in [2.05, 4.69) is 0 Å². The smallest absolute Gasteiger partial charge is 0.460 e. The second-order valence-electron chi connectivity index (χ2n) is 14.7. The molecule has 8 N–H and O–H groups in total. The van der Waals surface area contributed by atoms with Crippen LogP contribution in [0, 0.1) is 27.1 Å². The largest absolute Gasteiger partial charge is 0.508 e. The molecule has 1 aliphatic rings. The van der Waals surface area contributed by atoms with Crippen molar-refractivity contribution in [2.45, 2.75) is 58.3 Å². The molecular weight excluding hydrogens is 859 g/mol. The van der Waals surface area contributed by atoms with Gasteiger partial charge in [-0.3, -0.25) is 30.0 Å². The summed E-state index contributed by atoms with van der Waals surface area (Å²) in [5.74, 6) is -3.94. The highest BCUT2D eigenvalue weighted by Crippen LogP contribution is 2.26. The van der Waals surface area contributed by atoms with Crippen molar-refractivity contribution in [1.29, 1.82) is 10.8 Å². The Hall–Kier alpha value is -5.91. The summed E-state index contributed by atoms with van der Waals surface area (Å²) in [5, 5.41) is 34.8. The van der Waals surface area contributed by atoms with Gasteiger partial charge in [-0.25, -0.2) is 14.4 Å². The Labute approximate surface area is 364 Å². The lowest BCUT2D eigenvalue weighted by molar-refractivity contribution is -0.208. The molecule has 3 rings (SSSR count). The first-order valence-electron chi connectivity index (χ1n) is 18.6. The highest BCUT2D eigenvalue weighted by atomic mass is 32.2. The summed E-state index contributed by atoms with van der Waals surface area (Å²) in [6, 6.07) is 13.8.